The lowest BCUT2D eigenvalue weighted by Crippen LogP contribution is -2.05. The molecule has 0 saturated carbocycles. The molecular weight excluding hydrogens is 284 g/mol. The molecule has 0 aliphatic heterocycles. The number of halogens is 1. The molecule has 0 bridgehead atoms. The second-order valence-electron chi connectivity index (χ2n) is 3.96. The van der Waals surface area contributed by atoms with Crippen LogP contribution in [0.2, 0.25) is 5.02 Å². The Morgan fingerprint density at radius 1 is 1.47 bits per heavy atom. The van der Waals surface area contributed by atoms with E-state index in [0.717, 1.165) is 22.8 Å². The Morgan fingerprint density at radius 2 is 2.26 bits per heavy atom. The van der Waals surface area contributed by atoms with Gasteiger partial charge in [-0.15, -0.1) is 5.10 Å². The predicted molar refractivity (Wildman–Crippen MR) is 75.3 cm³/mol. The number of aromatic nitrogens is 2. The summed E-state index contributed by atoms with van der Waals surface area (Å²) in [5.41, 5.74) is 1.52. The minimum Gasteiger partial charge on any atom is -0.496 e. The van der Waals surface area contributed by atoms with Gasteiger partial charge < -0.3 is 4.74 Å². The zero-order chi connectivity index (χ0) is 13.8. The van der Waals surface area contributed by atoms with Gasteiger partial charge in [0, 0.05) is 17.0 Å². The van der Waals surface area contributed by atoms with E-state index in [9.17, 15) is 4.79 Å². The molecule has 0 saturated heterocycles. The predicted octanol–water partition coefficient (Wildman–Crippen LogP) is 3.19. The van der Waals surface area contributed by atoms with Gasteiger partial charge in [-0.25, -0.2) is 0 Å². The molecule has 0 spiro atoms. The maximum Gasteiger partial charge on any atom is 0.180 e. The normalized spacial score (nSPS) is 10.5. The van der Waals surface area contributed by atoms with Crippen molar-refractivity contribution in [2.24, 2.45) is 0 Å². The van der Waals surface area contributed by atoms with Gasteiger partial charge in [0.25, 0.3) is 0 Å². The molecule has 19 heavy (non-hydrogen) atoms. The number of hydrogen-bond donors (Lipinski definition) is 0. The number of methoxy groups -OCH3 is 1. The Hall–Kier alpha value is -1.46. The Morgan fingerprint density at radius 3 is 2.95 bits per heavy atom. The number of hydrogen-bond acceptors (Lipinski definition) is 5. The van der Waals surface area contributed by atoms with Crippen molar-refractivity contribution in [2.45, 2.75) is 19.8 Å². The fraction of sp³-hybridized carbons (Fsp3) is 0.308. The fourth-order valence-corrected chi connectivity index (χ4v) is 2.67. The average molecular weight is 297 g/mol. The zero-order valence-electron chi connectivity index (χ0n) is 10.6. The molecule has 1 aromatic carbocycles. The van der Waals surface area contributed by atoms with Crippen LogP contribution in [-0.4, -0.2) is 22.5 Å². The third-order valence-corrected chi connectivity index (χ3v) is 3.78. The van der Waals surface area contributed by atoms with E-state index in [1.54, 1.807) is 25.3 Å². The number of carbonyl (C=O) groups is 1. The lowest BCUT2D eigenvalue weighted by atomic mass is 10.1. The number of ether oxygens (including phenoxy) is 1. The molecule has 0 N–H and O–H groups in total. The summed E-state index contributed by atoms with van der Waals surface area (Å²) >= 11 is 7.09. The monoisotopic (exact) mass is 296 g/mol. The molecule has 0 atom stereocenters. The molecular formula is C13H13ClN2O2S. The molecule has 1 heterocycles. The molecule has 4 nitrogen and oxygen atoms in total. The molecule has 1 aromatic heterocycles. The highest BCUT2D eigenvalue weighted by molar-refractivity contribution is 7.08. The Kier molecular flexibility index (Phi) is 4.50. The SMILES string of the molecule is CCc1nnsc1C(=O)Cc1cc(Cl)ccc1OC. The van der Waals surface area contributed by atoms with Crippen LogP contribution in [-0.2, 0) is 12.8 Å². The largest absolute Gasteiger partial charge is 0.496 e. The van der Waals surface area contributed by atoms with Crippen molar-refractivity contribution in [3.63, 3.8) is 0 Å². The van der Waals surface area contributed by atoms with Crippen molar-refractivity contribution < 1.29 is 9.53 Å². The van der Waals surface area contributed by atoms with Gasteiger partial charge >= 0.3 is 0 Å². The summed E-state index contributed by atoms with van der Waals surface area (Å²) in [6.07, 6.45) is 0.935. The highest BCUT2D eigenvalue weighted by Crippen LogP contribution is 2.25. The van der Waals surface area contributed by atoms with E-state index in [0.29, 0.717) is 22.1 Å². The molecule has 6 heteroatoms. The lowest BCUT2D eigenvalue weighted by molar-refractivity contribution is 0.0995. The van der Waals surface area contributed by atoms with Crippen LogP contribution in [0, 0.1) is 0 Å². The second kappa shape index (κ2) is 6.12. The summed E-state index contributed by atoms with van der Waals surface area (Å²) in [5, 5.41) is 4.53. The van der Waals surface area contributed by atoms with Crippen LogP contribution in [0.15, 0.2) is 18.2 Å². The number of ketones is 1. The minimum absolute atomic E-state index is 0.00702. The molecule has 0 aliphatic carbocycles. The molecule has 0 aliphatic rings. The number of rotatable bonds is 5. The fourth-order valence-electron chi connectivity index (χ4n) is 1.79. The second-order valence-corrected chi connectivity index (χ2v) is 5.15. The molecule has 0 fully saturated rings. The third-order valence-electron chi connectivity index (χ3n) is 2.74. The topological polar surface area (TPSA) is 52.1 Å². The third kappa shape index (κ3) is 3.11. The Balaban J connectivity index is 2.26. The van der Waals surface area contributed by atoms with Crippen LogP contribution >= 0.6 is 23.1 Å². The van der Waals surface area contributed by atoms with Crippen LogP contribution in [0.5, 0.6) is 5.75 Å². The van der Waals surface area contributed by atoms with E-state index >= 15 is 0 Å². The first-order valence-electron chi connectivity index (χ1n) is 5.82. The highest BCUT2D eigenvalue weighted by Gasteiger charge is 2.17. The Labute approximate surface area is 120 Å². The van der Waals surface area contributed by atoms with Crippen LogP contribution in [0.3, 0.4) is 0 Å². The number of aryl methyl sites for hydroxylation is 1. The quantitative estimate of drug-likeness (QED) is 0.795. The summed E-state index contributed by atoms with van der Waals surface area (Å²) in [5.74, 6) is 0.653. The van der Waals surface area contributed by atoms with Crippen molar-refractivity contribution in [2.75, 3.05) is 7.11 Å². The summed E-state index contributed by atoms with van der Waals surface area (Å²) in [4.78, 5) is 12.9. The molecule has 100 valence electrons. The summed E-state index contributed by atoms with van der Waals surface area (Å²) in [6, 6.07) is 5.25. The molecule has 0 radical (unpaired) electrons. The average Bonchev–Trinajstić information content (AvgIpc) is 2.87. The van der Waals surface area contributed by atoms with E-state index < -0.39 is 0 Å². The van der Waals surface area contributed by atoms with Gasteiger partial charge in [-0.1, -0.05) is 23.0 Å². The summed E-state index contributed by atoms with van der Waals surface area (Å²) < 4.78 is 9.07. The van der Waals surface area contributed by atoms with E-state index in [4.69, 9.17) is 16.3 Å². The molecule has 2 aromatic rings. The first kappa shape index (κ1) is 14.0. The number of benzene rings is 1. The van der Waals surface area contributed by atoms with Gasteiger partial charge in [0.05, 0.1) is 12.8 Å². The standard InChI is InChI=1S/C13H13ClN2O2S/c1-3-10-13(19-16-15-10)11(17)7-8-6-9(14)4-5-12(8)18-2/h4-6H,3,7H2,1-2H3. The van der Waals surface area contributed by atoms with E-state index in [2.05, 4.69) is 9.59 Å². The lowest BCUT2D eigenvalue weighted by Gasteiger charge is -2.07. The molecule has 2 rings (SSSR count). The minimum atomic E-state index is -0.00702. The van der Waals surface area contributed by atoms with Gasteiger partial charge in [-0.2, -0.15) is 0 Å². The van der Waals surface area contributed by atoms with Crippen molar-refractivity contribution in [3.05, 3.63) is 39.4 Å². The van der Waals surface area contributed by atoms with Crippen LogP contribution in [0.25, 0.3) is 0 Å². The van der Waals surface area contributed by atoms with Crippen LogP contribution < -0.4 is 4.74 Å². The van der Waals surface area contributed by atoms with E-state index in [1.165, 1.54) is 0 Å². The van der Waals surface area contributed by atoms with Gasteiger partial charge in [-0.05, 0) is 36.2 Å². The number of carbonyl (C=O) groups excluding carboxylic acids is 1. The van der Waals surface area contributed by atoms with Crippen LogP contribution in [0.1, 0.15) is 27.9 Å². The van der Waals surface area contributed by atoms with E-state index in [1.807, 2.05) is 6.92 Å². The van der Waals surface area contributed by atoms with Crippen molar-refractivity contribution >= 4 is 28.9 Å². The van der Waals surface area contributed by atoms with Crippen molar-refractivity contribution in [3.8, 4) is 5.75 Å². The maximum absolute atomic E-state index is 12.3. The first-order valence-corrected chi connectivity index (χ1v) is 6.97. The summed E-state index contributed by atoms with van der Waals surface area (Å²) in [6.45, 7) is 1.95. The van der Waals surface area contributed by atoms with Crippen molar-refractivity contribution in [1.82, 2.24) is 9.59 Å². The first-order chi connectivity index (χ1) is 9.15. The van der Waals surface area contributed by atoms with Gasteiger partial charge in [0.2, 0.25) is 0 Å². The zero-order valence-corrected chi connectivity index (χ0v) is 12.2. The van der Waals surface area contributed by atoms with Gasteiger partial charge in [-0.3, -0.25) is 4.79 Å². The molecule has 0 amide bonds. The molecule has 0 unspecified atom stereocenters. The summed E-state index contributed by atoms with van der Waals surface area (Å²) in [7, 11) is 1.57. The van der Waals surface area contributed by atoms with Crippen molar-refractivity contribution in [1.29, 1.82) is 0 Å². The Bertz CT molecular complexity index is 598. The van der Waals surface area contributed by atoms with Gasteiger partial charge in [0.1, 0.15) is 10.6 Å². The van der Waals surface area contributed by atoms with Gasteiger partial charge in [0.15, 0.2) is 5.78 Å². The number of Topliss-reactive ketones (excluding diaryl/α,β-unsaturated/α-hetero) is 1. The smallest absolute Gasteiger partial charge is 0.180 e. The van der Waals surface area contributed by atoms with Crippen LogP contribution in [0.4, 0.5) is 0 Å². The van der Waals surface area contributed by atoms with E-state index in [-0.39, 0.29) is 12.2 Å². The number of nitrogens with zero attached hydrogens (tertiary/aromatic N) is 2. The highest BCUT2D eigenvalue weighted by atomic mass is 35.5. The maximum atomic E-state index is 12.3.